The van der Waals surface area contributed by atoms with Gasteiger partial charge in [0.15, 0.2) is 5.78 Å². The number of H-pyrrole nitrogens is 1. The molecule has 1 aromatic carbocycles. The normalized spacial score (nSPS) is 20.0. The zero-order valence-electron chi connectivity index (χ0n) is 14.8. The number of Topliss-reactive ketones (excluding diaryl/α,β-unsaturated/α-hetero) is 1. The molecule has 6 nitrogen and oxygen atoms in total. The molecule has 4 N–H and O–H groups in total. The first-order valence-corrected chi connectivity index (χ1v) is 9.21. The third-order valence-electron chi connectivity index (χ3n) is 5.11. The molecule has 6 heteroatoms. The van der Waals surface area contributed by atoms with Gasteiger partial charge in [-0.25, -0.2) is 0 Å². The number of para-hydroxylation sites is 1. The topological polar surface area (TPSA) is 105 Å². The predicted molar refractivity (Wildman–Crippen MR) is 101 cm³/mol. The average molecular weight is 355 g/mol. The Kier molecular flexibility index (Phi) is 5.83. The Morgan fingerprint density at radius 2 is 1.88 bits per heavy atom. The van der Waals surface area contributed by atoms with E-state index in [1.165, 1.54) is 0 Å². The van der Waals surface area contributed by atoms with E-state index in [1.54, 1.807) is 6.07 Å². The Morgan fingerprint density at radius 1 is 1.15 bits per heavy atom. The summed E-state index contributed by atoms with van der Waals surface area (Å²) >= 11 is 0. The van der Waals surface area contributed by atoms with E-state index in [1.807, 2.05) is 24.3 Å². The fourth-order valence-electron chi connectivity index (χ4n) is 3.67. The van der Waals surface area contributed by atoms with E-state index >= 15 is 0 Å². The zero-order chi connectivity index (χ0) is 18.5. The molecule has 1 heterocycles. The molecule has 1 aromatic heterocycles. The van der Waals surface area contributed by atoms with Crippen molar-refractivity contribution >= 4 is 22.6 Å². The van der Waals surface area contributed by atoms with Crippen molar-refractivity contribution in [2.75, 3.05) is 6.54 Å². The summed E-state index contributed by atoms with van der Waals surface area (Å²) in [4.78, 5) is 39.2. The number of aromatic nitrogens is 1. The fourth-order valence-corrected chi connectivity index (χ4v) is 3.67. The highest BCUT2D eigenvalue weighted by Gasteiger charge is 2.25. The molecule has 1 saturated carbocycles. The van der Waals surface area contributed by atoms with Gasteiger partial charge >= 0.3 is 0 Å². The molecule has 3 rings (SSSR count). The van der Waals surface area contributed by atoms with Gasteiger partial charge in [-0.3, -0.25) is 14.4 Å². The van der Waals surface area contributed by atoms with Gasteiger partial charge in [-0.1, -0.05) is 18.2 Å². The molecular weight excluding hydrogens is 330 g/mol. The molecule has 26 heavy (non-hydrogen) atoms. The van der Waals surface area contributed by atoms with Crippen molar-refractivity contribution in [2.24, 2.45) is 11.7 Å². The minimum absolute atomic E-state index is 0.00489. The van der Waals surface area contributed by atoms with Crippen molar-refractivity contribution < 1.29 is 9.59 Å². The Morgan fingerprint density at radius 3 is 2.62 bits per heavy atom. The van der Waals surface area contributed by atoms with Crippen LogP contribution in [0.4, 0.5) is 0 Å². The molecule has 1 amide bonds. The monoisotopic (exact) mass is 355 g/mol. The molecule has 1 aliphatic carbocycles. The van der Waals surface area contributed by atoms with E-state index < -0.39 is 0 Å². The zero-order valence-corrected chi connectivity index (χ0v) is 14.8. The van der Waals surface area contributed by atoms with Crippen molar-refractivity contribution in [3.05, 3.63) is 46.2 Å². The number of ketones is 1. The van der Waals surface area contributed by atoms with Crippen LogP contribution in [0.3, 0.4) is 0 Å². The summed E-state index contributed by atoms with van der Waals surface area (Å²) in [5, 5.41) is 3.86. The molecule has 0 saturated heterocycles. The quantitative estimate of drug-likeness (QED) is 0.690. The summed E-state index contributed by atoms with van der Waals surface area (Å²) in [7, 11) is 0. The van der Waals surface area contributed by atoms with Gasteiger partial charge in [0.05, 0.1) is 5.56 Å². The van der Waals surface area contributed by atoms with E-state index in [9.17, 15) is 14.4 Å². The van der Waals surface area contributed by atoms with Crippen LogP contribution in [0.15, 0.2) is 35.1 Å². The summed E-state index contributed by atoms with van der Waals surface area (Å²) in [6, 6.07) is 9.31. The lowest BCUT2D eigenvalue weighted by Crippen LogP contribution is -2.38. The van der Waals surface area contributed by atoms with Crippen molar-refractivity contribution in [1.29, 1.82) is 0 Å². The number of nitrogens with one attached hydrogen (secondary N) is 2. The van der Waals surface area contributed by atoms with Crippen molar-refractivity contribution in [3.63, 3.8) is 0 Å². The van der Waals surface area contributed by atoms with E-state index in [-0.39, 0.29) is 34.8 Å². The van der Waals surface area contributed by atoms with Gasteiger partial charge in [-0.15, -0.1) is 0 Å². The first kappa shape index (κ1) is 18.3. The summed E-state index contributed by atoms with van der Waals surface area (Å²) < 4.78 is 0. The van der Waals surface area contributed by atoms with Gasteiger partial charge in [0.2, 0.25) is 5.91 Å². The van der Waals surface area contributed by atoms with Crippen LogP contribution in [0.25, 0.3) is 10.9 Å². The van der Waals surface area contributed by atoms with Crippen LogP contribution in [-0.4, -0.2) is 29.3 Å². The van der Waals surface area contributed by atoms with Gasteiger partial charge in [0.1, 0.15) is 0 Å². The van der Waals surface area contributed by atoms with Gasteiger partial charge in [-0.2, -0.15) is 0 Å². The van der Waals surface area contributed by atoms with Crippen LogP contribution < -0.4 is 16.6 Å². The van der Waals surface area contributed by atoms with E-state index in [0.717, 1.165) is 36.6 Å². The summed E-state index contributed by atoms with van der Waals surface area (Å²) in [5.74, 6) is 0.151. The average Bonchev–Trinajstić information content (AvgIpc) is 2.63. The number of carbonyl (C=O) groups excluding carboxylic acids is 2. The molecule has 138 valence electrons. The van der Waals surface area contributed by atoms with E-state index in [2.05, 4.69) is 10.3 Å². The van der Waals surface area contributed by atoms with Crippen LogP contribution >= 0.6 is 0 Å². The molecule has 0 bridgehead atoms. The first-order chi connectivity index (χ1) is 12.6. The second-order valence-electron chi connectivity index (χ2n) is 7.05. The number of nitrogens with two attached hydrogens (primary N) is 1. The standard InChI is InChI=1S/C20H25N3O3/c21-10-9-19(25)22-15-7-5-13(6-8-15)11-18(24)16-12-14-3-1-2-4-17(14)23-20(16)26/h1-4,12-13,15H,5-11,21H2,(H,22,25)(H,23,26). The molecule has 1 aliphatic rings. The molecular formula is C20H25N3O3. The van der Waals surface area contributed by atoms with Gasteiger partial charge in [0, 0.05) is 30.9 Å². The largest absolute Gasteiger partial charge is 0.353 e. The van der Waals surface area contributed by atoms with Crippen LogP contribution in [0.1, 0.15) is 48.9 Å². The van der Waals surface area contributed by atoms with Crippen LogP contribution in [0, 0.1) is 5.92 Å². The lowest BCUT2D eigenvalue weighted by Gasteiger charge is -2.28. The summed E-state index contributed by atoms with van der Waals surface area (Å²) in [6.07, 6.45) is 4.22. The lowest BCUT2D eigenvalue weighted by atomic mass is 9.82. The molecule has 0 unspecified atom stereocenters. The van der Waals surface area contributed by atoms with Gasteiger partial charge in [-0.05, 0) is 49.1 Å². The minimum atomic E-state index is -0.323. The second kappa shape index (κ2) is 8.27. The fraction of sp³-hybridized carbons (Fsp3) is 0.450. The number of carbonyl (C=O) groups is 2. The van der Waals surface area contributed by atoms with Gasteiger partial charge in [0.25, 0.3) is 5.56 Å². The Hall–Kier alpha value is -2.47. The highest BCUT2D eigenvalue weighted by Crippen LogP contribution is 2.28. The van der Waals surface area contributed by atoms with E-state index in [4.69, 9.17) is 5.73 Å². The van der Waals surface area contributed by atoms with Gasteiger partial charge < -0.3 is 16.0 Å². The maximum atomic E-state index is 12.6. The number of benzene rings is 1. The van der Waals surface area contributed by atoms with E-state index in [0.29, 0.717) is 19.4 Å². The predicted octanol–water partition coefficient (Wildman–Crippen LogP) is 2.12. The number of hydrogen-bond acceptors (Lipinski definition) is 4. The molecule has 0 radical (unpaired) electrons. The number of pyridine rings is 1. The molecule has 1 fully saturated rings. The smallest absolute Gasteiger partial charge is 0.259 e. The molecule has 0 spiro atoms. The highest BCUT2D eigenvalue weighted by atomic mass is 16.2. The molecule has 0 aliphatic heterocycles. The Labute approximate surface area is 152 Å². The van der Waals surface area contributed by atoms with Crippen LogP contribution in [-0.2, 0) is 4.79 Å². The number of hydrogen-bond donors (Lipinski definition) is 3. The summed E-state index contributed by atoms with van der Waals surface area (Å²) in [6.45, 7) is 0.357. The molecule has 2 aromatic rings. The third-order valence-corrected chi connectivity index (χ3v) is 5.11. The summed E-state index contributed by atoms with van der Waals surface area (Å²) in [5.41, 5.74) is 6.04. The van der Waals surface area contributed by atoms with Crippen molar-refractivity contribution in [1.82, 2.24) is 10.3 Å². The van der Waals surface area contributed by atoms with Crippen molar-refractivity contribution in [2.45, 2.75) is 44.6 Å². The minimum Gasteiger partial charge on any atom is -0.353 e. The maximum Gasteiger partial charge on any atom is 0.259 e. The first-order valence-electron chi connectivity index (χ1n) is 9.21. The number of fused-ring (bicyclic) bond motifs is 1. The van der Waals surface area contributed by atoms with Crippen LogP contribution in [0.5, 0.6) is 0 Å². The number of rotatable bonds is 6. The number of aromatic amines is 1. The Balaban J connectivity index is 1.59. The number of amides is 1. The SMILES string of the molecule is NCCC(=O)NC1CCC(CC(=O)c2cc3ccccc3[nH]c2=O)CC1. The van der Waals surface area contributed by atoms with Crippen LogP contribution in [0.2, 0.25) is 0 Å². The third kappa shape index (κ3) is 4.38. The highest BCUT2D eigenvalue weighted by molar-refractivity contribution is 5.98. The Bertz CT molecular complexity index is 851. The lowest BCUT2D eigenvalue weighted by molar-refractivity contribution is -0.121. The second-order valence-corrected chi connectivity index (χ2v) is 7.05. The maximum absolute atomic E-state index is 12.6. The van der Waals surface area contributed by atoms with Crippen molar-refractivity contribution in [3.8, 4) is 0 Å². The molecule has 0 atom stereocenters.